The average molecular weight is 333 g/mol. The lowest BCUT2D eigenvalue weighted by Crippen LogP contribution is -2.53. The molecule has 1 unspecified atom stereocenters. The van der Waals surface area contributed by atoms with Crippen LogP contribution >= 0.6 is 11.3 Å². The van der Waals surface area contributed by atoms with Gasteiger partial charge in [-0.3, -0.25) is 0 Å². The number of nitrogens with one attached hydrogen (secondary N) is 1. The van der Waals surface area contributed by atoms with Crippen LogP contribution < -0.4 is 5.32 Å². The number of nitriles is 4. The van der Waals surface area contributed by atoms with Gasteiger partial charge in [0.05, 0.1) is 30.3 Å². The van der Waals surface area contributed by atoms with E-state index in [0.29, 0.717) is 12.0 Å². The van der Waals surface area contributed by atoms with Crippen LogP contribution in [0, 0.1) is 56.2 Å². The summed E-state index contributed by atoms with van der Waals surface area (Å²) in [6.07, 6.45) is 4.17. The summed E-state index contributed by atoms with van der Waals surface area (Å²) in [5.74, 6) is 0. The first kappa shape index (κ1) is 16.1. The lowest BCUT2D eigenvalue weighted by atomic mass is 9.55. The number of hydrogen-bond donors (Lipinski definition) is 1. The molecule has 1 N–H and O–H groups in total. The molecule has 0 saturated heterocycles. The maximum atomic E-state index is 9.95. The fourth-order valence-corrected chi connectivity index (χ4v) is 4.63. The molecule has 2 heterocycles. The molecule has 0 aromatic carbocycles. The van der Waals surface area contributed by atoms with Crippen LogP contribution in [0.25, 0.3) is 0 Å². The van der Waals surface area contributed by atoms with Gasteiger partial charge in [-0.05, 0) is 42.7 Å². The molecule has 0 amide bonds. The SMILES string of the molecule is N#CC1(C#N)C2=C(CCCCC2)NC(c2cccs2)C1(C#N)C#N. The Kier molecular flexibility index (Phi) is 4.02. The third-order valence-electron chi connectivity index (χ3n) is 5.03. The van der Waals surface area contributed by atoms with E-state index in [2.05, 4.69) is 29.6 Å². The molecule has 1 aliphatic carbocycles. The van der Waals surface area contributed by atoms with Gasteiger partial charge < -0.3 is 5.32 Å². The Balaban J connectivity index is 2.32. The third-order valence-corrected chi connectivity index (χ3v) is 5.97. The minimum atomic E-state index is -1.77. The van der Waals surface area contributed by atoms with Gasteiger partial charge in [0.2, 0.25) is 10.8 Å². The van der Waals surface area contributed by atoms with Crippen molar-refractivity contribution < 1.29 is 0 Å². The van der Waals surface area contributed by atoms with Crippen molar-refractivity contribution in [3.63, 3.8) is 0 Å². The van der Waals surface area contributed by atoms with Crippen LogP contribution in [0.3, 0.4) is 0 Å². The Morgan fingerprint density at radius 1 is 1.00 bits per heavy atom. The average Bonchev–Trinajstić information content (AvgIpc) is 3.05. The Morgan fingerprint density at radius 2 is 1.71 bits per heavy atom. The predicted molar refractivity (Wildman–Crippen MR) is 87.6 cm³/mol. The first-order valence-corrected chi connectivity index (χ1v) is 8.74. The Hall–Kier alpha value is -2.80. The monoisotopic (exact) mass is 333 g/mol. The molecule has 0 saturated carbocycles. The van der Waals surface area contributed by atoms with Gasteiger partial charge in [-0.2, -0.15) is 21.0 Å². The summed E-state index contributed by atoms with van der Waals surface area (Å²) in [6, 6.07) is 11.3. The van der Waals surface area contributed by atoms with E-state index in [9.17, 15) is 21.0 Å². The van der Waals surface area contributed by atoms with E-state index in [1.54, 1.807) is 0 Å². The van der Waals surface area contributed by atoms with Gasteiger partial charge >= 0.3 is 0 Å². The van der Waals surface area contributed by atoms with Gasteiger partial charge in [0, 0.05) is 10.6 Å². The van der Waals surface area contributed by atoms with E-state index in [4.69, 9.17) is 0 Å². The Bertz CT molecular complexity index is 810. The van der Waals surface area contributed by atoms with Crippen molar-refractivity contribution in [3.05, 3.63) is 33.7 Å². The van der Waals surface area contributed by atoms with E-state index in [1.165, 1.54) is 11.3 Å². The largest absolute Gasteiger partial charge is 0.378 e. The van der Waals surface area contributed by atoms with Crippen LogP contribution in [0.1, 0.15) is 43.0 Å². The lowest BCUT2D eigenvalue weighted by molar-refractivity contribution is 0.228. The van der Waals surface area contributed by atoms with E-state index < -0.39 is 16.9 Å². The zero-order chi connectivity index (χ0) is 17.2. The summed E-state index contributed by atoms with van der Waals surface area (Å²) in [5, 5.41) is 45.0. The second-order valence-corrected chi connectivity index (χ2v) is 7.10. The van der Waals surface area contributed by atoms with E-state index in [1.807, 2.05) is 17.5 Å². The summed E-state index contributed by atoms with van der Waals surface area (Å²) >= 11 is 1.42. The molecule has 1 atom stereocenters. The quantitative estimate of drug-likeness (QED) is 0.843. The number of allylic oxidation sites excluding steroid dienone is 2. The zero-order valence-corrected chi connectivity index (χ0v) is 13.9. The molecule has 0 bridgehead atoms. The number of thiophene rings is 1. The highest BCUT2D eigenvalue weighted by molar-refractivity contribution is 7.10. The standard InChI is InChI=1S/C18H15N5S/c19-9-17(10-20)13-5-2-1-3-6-14(13)23-16(15-7-4-8-24-15)18(17,11-21)12-22/h4,7-8,16,23H,1-3,5-6H2. The van der Waals surface area contributed by atoms with E-state index in [-0.39, 0.29) is 0 Å². The van der Waals surface area contributed by atoms with Crippen molar-refractivity contribution >= 4 is 11.3 Å². The topological polar surface area (TPSA) is 107 Å². The fraction of sp³-hybridized carbons (Fsp3) is 0.444. The summed E-state index contributed by atoms with van der Waals surface area (Å²) in [7, 11) is 0. The summed E-state index contributed by atoms with van der Waals surface area (Å²) in [6.45, 7) is 0. The van der Waals surface area contributed by atoms with Crippen molar-refractivity contribution in [2.75, 3.05) is 0 Å². The van der Waals surface area contributed by atoms with Gasteiger partial charge in [0.15, 0.2) is 0 Å². The molecule has 0 fully saturated rings. The highest BCUT2D eigenvalue weighted by atomic mass is 32.1. The molecule has 1 aliphatic heterocycles. The van der Waals surface area contributed by atoms with Crippen LogP contribution in [0.4, 0.5) is 0 Å². The smallest absolute Gasteiger partial charge is 0.203 e. The van der Waals surface area contributed by atoms with Gasteiger partial charge in [-0.1, -0.05) is 12.5 Å². The minimum absolute atomic E-state index is 0.575. The summed E-state index contributed by atoms with van der Waals surface area (Å²) in [4.78, 5) is 0.795. The fourth-order valence-electron chi connectivity index (χ4n) is 3.79. The second-order valence-electron chi connectivity index (χ2n) is 6.12. The van der Waals surface area contributed by atoms with Crippen LogP contribution in [0.15, 0.2) is 28.8 Å². The van der Waals surface area contributed by atoms with Crippen LogP contribution in [0.5, 0.6) is 0 Å². The maximum Gasteiger partial charge on any atom is 0.203 e. The molecule has 1 aromatic heterocycles. The first-order valence-electron chi connectivity index (χ1n) is 7.86. The van der Waals surface area contributed by atoms with E-state index >= 15 is 0 Å². The molecule has 0 spiro atoms. The normalized spacial score (nSPS) is 24.1. The Morgan fingerprint density at radius 3 is 2.29 bits per heavy atom. The highest BCUT2D eigenvalue weighted by Crippen LogP contribution is 2.57. The number of nitrogens with zero attached hydrogens (tertiary/aromatic N) is 4. The first-order chi connectivity index (χ1) is 11.7. The molecule has 2 aliphatic rings. The molecule has 1 aromatic rings. The van der Waals surface area contributed by atoms with Crippen LogP contribution in [-0.4, -0.2) is 0 Å². The third kappa shape index (κ3) is 1.94. The molecule has 24 heavy (non-hydrogen) atoms. The van der Waals surface area contributed by atoms with Gasteiger partial charge in [0.25, 0.3) is 0 Å². The molecule has 6 heteroatoms. The van der Waals surface area contributed by atoms with Crippen molar-refractivity contribution in [2.45, 2.75) is 38.1 Å². The molecule has 118 valence electrons. The lowest BCUT2D eigenvalue weighted by Gasteiger charge is -2.44. The van der Waals surface area contributed by atoms with Gasteiger partial charge in [0.1, 0.15) is 0 Å². The number of hydrogen-bond acceptors (Lipinski definition) is 6. The molecule has 3 rings (SSSR count). The van der Waals surface area contributed by atoms with Crippen LogP contribution in [0.2, 0.25) is 0 Å². The van der Waals surface area contributed by atoms with Crippen molar-refractivity contribution in [1.82, 2.24) is 5.32 Å². The molecule has 5 nitrogen and oxygen atoms in total. The summed E-state index contributed by atoms with van der Waals surface area (Å²) < 4.78 is 0. The predicted octanol–water partition coefficient (Wildman–Crippen LogP) is 3.68. The van der Waals surface area contributed by atoms with Gasteiger partial charge in [-0.25, -0.2) is 0 Å². The molecular formula is C18H15N5S. The van der Waals surface area contributed by atoms with Crippen molar-refractivity contribution in [3.8, 4) is 24.3 Å². The number of rotatable bonds is 1. The van der Waals surface area contributed by atoms with E-state index in [0.717, 1.165) is 36.3 Å². The molecular weight excluding hydrogens is 318 g/mol. The van der Waals surface area contributed by atoms with Crippen LogP contribution in [-0.2, 0) is 0 Å². The highest BCUT2D eigenvalue weighted by Gasteiger charge is 2.64. The van der Waals surface area contributed by atoms with Crippen molar-refractivity contribution in [1.29, 1.82) is 21.0 Å². The second kappa shape index (κ2) is 6.01. The Labute approximate surface area is 145 Å². The van der Waals surface area contributed by atoms with Gasteiger partial charge in [-0.15, -0.1) is 11.3 Å². The zero-order valence-electron chi connectivity index (χ0n) is 13.0. The maximum absolute atomic E-state index is 9.95. The minimum Gasteiger partial charge on any atom is -0.378 e. The van der Waals surface area contributed by atoms with Crippen molar-refractivity contribution in [2.24, 2.45) is 10.8 Å². The summed E-state index contributed by atoms with van der Waals surface area (Å²) in [5.41, 5.74) is -2.00. The molecule has 0 radical (unpaired) electrons.